The van der Waals surface area contributed by atoms with E-state index in [9.17, 15) is 14.3 Å². The van der Waals surface area contributed by atoms with E-state index < -0.39 is 13.9 Å². The van der Waals surface area contributed by atoms with E-state index in [1.165, 1.54) is 70.6 Å². The number of phosphoric ester groups is 1. The summed E-state index contributed by atoms with van der Waals surface area (Å²) in [6.07, 6.45) is 42.1. The third-order valence-electron chi connectivity index (χ3n) is 8.46. The first-order valence-electron chi connectivity index (χ1n) is 20.4. The number of carbonyl (C=O) groups is 1. The third kappa shape index (κ3) is 39.3. The molecule has 0 aliphatic heterocycles. The fraction of sp³-hybridized carbons (Fsp3) is 0.786. The fourth-order valence-electron chi connectivity index (χ4n) is 5.29. The van der Waals surface area contributed by atoms with Crippen LogP contribution >= 0.6 is 7.82 Å². The highest BCUT2D eigenvalue weighted by Crippen LogP contribution is 2.38. The summed E-state index contributed by atoms with van der Waals surface area (Å²) >= 11 is 0. The minimum absolute atomic E-state index is 0.0118. The van der Waals surface area contributed by atoms with Gasteiger partial charge in [0.2, 0.25) is 0 Å². The maximum absolute atomic E-state index is 12.6. The van der Waals surface area contributed by atoms with Crippen LogP contribution in [0, 0.1) is 0 Å². The van der Waals surface area contributed by atoms with E-state index in [0.29, 0.717) is 11.0 Å². The van der Waals surface area contributed by atoms with Gasteiger partial charge in [0.1, 0.15) is 19.8 Å². The molecule has 0 rings (SSSR count). The van der Waals surface area contributed by atoms with Crippen LogP contribution in [0.4, 0.5) is 0 Å². The van der Waals surface area contributed by atoms with Crippen LogP contribution in [0.2, 0.25) is 0 Å². The van der Waals surface area contributed by atoms with Gasteiger partial charge < -0.3 is 27.9 Å². The molecule has 0 aromatic heterocycles. The molecule has 0 N–H and O–H groups in total. The van der Waals surface area contributed by atoms with Crippen molar-refractivity contribution in [2.75, 3.05) is 47.5 Å². The number of esters is 1. The Bertz CT molecular complexity index is 957. The van der Waals surface area contributed by atoms with Gasteiger partial charge in [0.05, 0.1) is 34.0 Å². The van der Waals surface area contributed by atoms with Crippen LogP contribution in [0.1, 0.15) is 162 Å². The second-order valence-corrected chi connectivity index (χ2v) is 16.1. The van der Waals surface area contributed by atoms with Gasteiger partial charge in [0.25, 0.3) is 7.82 Å². The molecular weight excluding hydrogens is 661 g/mol. The highest BCUT2D eigenvalue weighted by Gasteiger charge is 2.20. The zero-order chi connectivity index (χ0) is 37.7. The van der Waals surface area contributed by atoms with Gasteiger partial charge in [-0.15, -0.1) is 0 Å². The van der Waals surface area contributed by atoms with Gasteiger partial charge >= 0.3 is 5.97 Å². The molecule has 0 radical (unpaired) electrons. The van der Waals surface area contributed by atoms with Crippen molar-refractivity contribution in [3.8, 4) is 0 Å². The van der Waals surface area contributed by atoms with E-state index in [2.05, 4.69) is 50.3 Å². The van der Waals surface area contributed by atoms with Crippen LogP contribution in [0.5, 0.6) is 0 Å². The Labute approximate surface area is 314 Å². The number of quaternary nitrogens is 1. The van der Waals surface area contributed by atoms with E-state index in [4.69, 9.17) is 18.5 Å². The summed E-state index contributed by atoms with van der Waals surface area (Å²) in [5.74, 6) is -0.375. The molecule has 0 aliphatic carbocycles. The number of likely N-dealkylation sites (N-methyl/N-ethyl adjacent to an activating group) is 1. The van der Waals surface area contributed by atoms with Gasteiger partial charge in [0.15, 0.2) is 6.10 Å². The minimum atomic E-state index is -4.54. The maximum Gasteiger partial charge on any atom is 0.306 e. The number of allylic oxidation sites excluding steroid dienone is 7. The van der Waals surface area contributed by atoms with Crippen molar-refractivity contribution in [1.29, 1.82) is 0 Å². The number of phosphoric acid groups is 1. The lowest BCUT2D eigenvalue weighted by molar-refractivity contribution is -0.870. The summed E-state index contributed by atoms with van der Waals surface area (Å²) < 4.78 is 34.2. The van der Waals surface area contributed by atoms with E-state index in [1.807, 2.05) is 27.2 Å². The third-order valence-corrected chi connectivity index (χ3v) is 9.42. The highest BCUT2D eigenvalue weighted by atomic mass is 31.2. The Morgan fingerprint density at radius 2 is 1.16 bits per heavy atom. The molecule has 9 heteroatoms. The number of ether oxygens (including phenoxy) is 2. The van der Waals surface area contributed by atoms with Crippen LogP contribution in [0.15, 0.2) is 48.8 Å². The minimum Gasteiger partial charge on any atom is -0.756 e. The SMILES string of the molecule is CC/C=C\C/C=C\C/C=C\CCCCCCCC(=O)O[C@H](CO/C=C\CCCCCCCCCCCCCC)COP(=O)([O-])OCC[N+](C)(C)C. The average Bonchev–Trinajstić information content (AvgIpc) is 3.08. The predicted octanol–water partition coefficient (Wildman–Crippen LogP) is 11.3. The molecule has 0 bridgehead atoms. The van der Waals surface area contributed by atoms with E-state index in [0.717, 1.165) is 70.6 Å². The summed E-state index contributed by atoms with van der Waals surface area (Å²) in [4.78, 5) is 24.9. The molecule has 0 fully saturated rings. The fourth-order valence-corrected chi connectivity index (χ4v) is 6.02. The second kappa shape index (κ2) is 35.3. The largest absolute Gasteiger partial charge is 0.756 e. The van der Waals surface area contributed by atoms with Crippen molar-refractivity contribution in [1.82, 2.24) is 0 Å². The summed E-state index contributed by atoms with van der Waals surface area (Å²) in [7, 11) is 1.31. The molecule has 0 heterocycles. The molecule has 0 amide bonds. The molecule has 0 aliphatic rings. The molecule has 0 saturated heterocycles. The topological polar surface area (TPSA) is 94.1 Å². The summed E-state index contributed by atoms with van der Waals surface area (Å²) in [6.45, 7) is 4.59. The number of hydrogen-bond donors (Lipinski definition) is 0. The molecule has 0 saturated carbocycles. The lowest BCUT2D eigenvalue weighted by Crippen LogP contribution is -2.37. The van der Waals surface area contributed by atoms with Crippen molar-refractivity contribution in [3.05, 3.63) is 48.8 Å². The first-order chi connectivity index (χ1) is 24.6. The van der Waals surface area contributed by atoms with E-state index in [-0.39, 0.29) is 32.2 Å². The van der Waals surface area contributed by atoms with Gasteiger partial charge in [0, 0.05) is 6.42 Å². The van der Waals surface area contributed by atoms with E-state index >= 15 is 0 Å². The van der Waals surface area contributed by atoms with Crippen LogP contribution in [-0.2, 0) is 27.9 Å². The van der Waals surface area contributed by atoms with Crippen LogP contribution in [-0.4, -0.2) is 64.1 Å². The Balaban J connectivity index is 4.36. The Morgan fingerprint density at radius 1 is 0.647 bits per heavy atom. The molecule has 1 unspecified atom stereocenters. The monoisotopic (exact) mass is 740 g/mol. The second-order valence-electron chi connectivity index (χ2n) is 14.7. The van der Waals surface area contributed by atoms with Gasteiger partial charge in [-0.25, -0.2) is 0 Å². The molecule has 8 nitrogen and oxygen atoms in total. The predicted molar refractivity (Wildman–Crippen MR) is 212 cm³/mol. The van der Waals surface area contributed by atoms with Crippen molar-refractivity contribution < 1.29 is 37.3 Å². The first kappa shape index (κ1) is 49.3. The quantitative estimate of drug-likeness (QED) is 0.0156. The molecule has 51 heavy (non-hydrogen) atoms. The lowest BCUT2D eigenvalue weighted by atomic mass is 10.0. The standard InChI is InChI=1S/C42H78NO7P/c1-6-8-10-12-14-16-18-20-22-23-25-27-29-31-33-35-42(44)50-41(40-49-51(45,46)48-38-36-43(3,4)5)39-47-37-34-32-30-28-26-24-21-19-17-15-13-11-9-7-2/h8,10,14,16,20,22,34,37,41H,6-7,9,11-13,15,17-19,21,23-33,35-36,38-40H2,1-5H3/b10-8-,16-14-,22-20-,37-34-/t41-/m1/s1. The smallest absolute Gasteiger partial charge is 0.306 e. The summed E-state index contributed by atoms with van der Waals surface area (Å²) in [5.41, 5.74) is 0. The molecular formula is C42H78NO7P. The summed E-state index contributed by atoms with van der Waals surface area (Å²) in [5, 5.41) is 0. The summed E-state index contributed by atoms with van der Waals surface area (Å²) in [6, 6.07) is 0. The molecule has 0 aromatic rings. The molecule has 298 valence electrons. The van der Waals surface area contributed by atoms with Crippen molar-refractivity contribution in [2.45, 2.75) is 168 Å². The molecule has 2 atom stereocenters. The van der Waals surface area contributed by atoms with Crippen LogP contribution in [0.25, 0.3) is 0 Å². The first-order valence-corrected chi connectivity index (χ1v) is 21.9. The van der Waals surface area contributed by atoms with Crippen molar-refractivity contribution in [2.24, 2.45) is 0 Å². The zero-order valence-electron chi connectivity index (χ0n) is 33.5. The lowest BCUT2D eigenvalue weighted by Gasteiger charge is -2.28. The number of rotatable bonds is 37. The van der Waals surface area contributed by atoms with E-state index in [1.54, 1.807) is 6.26 Å². The van der Waals surface area contributed by atoms with Gasteiger partial charge in [-0.2, -0.15) is 0 Å². The number of carbonyl (C=O) groups excluding carboxylic acids is 1. The normalized spacial score (nSPS) is 14.3. The Hall–Kier alpha value is -1.70. The highest BCUT2D eigenvalue weighted by molar-refractivity contribution is 7.45. The molecule has 0 aromatic carbocycles. The van der Waals surface area contributed by atoms with Gasteiger partial charge in [-0.3, -0.25) is 9.36 Å². The van der Waals surface area contributed by atoms with Crippen molar-refractivity contribution >= 4 is 13.8 Å². The number of nitrogens with zero attached hydrogens (tertiary/aromatic N) is 1. The van der Waals surface area contributed by atoms with Crippen LogP contribution < -0.4 is 4.89 Å². The maximum atomic E-state index is 12.6. The van der Waals surface area contributed by atoms with Gasteiger partial charge in [-0.1, -0.05) is 140 Å². The Morgan fingerprint density at radius 3 is 1.73 bits per heavy atom. The number of hydrogen-bond acceptors (Lipinski definition) is 7. The Kier molecular flexibility index (Phi) is 34.2. The van der Waals surface area contributed by atoms with Gasteiger partial charge in [-0.05, 0) is 57.4 Å². The number of unbranched alkanes of at least 4 members (excludes halogenated alkanes) is 17. The zero-order valence-corrected chi connectivity index (χ0v) is 34.4. The molecule has 0 spiro atoms. The average molecular weight is 740 g/mol. The van der Waals surface area contributed by atoms with Crippen LogP contribution in [0.3, 0.4) is 0 Å². The van der Waals surface area contributed by atoms with Crippen molar-refractivity contribution in [3.63, 3.8) is 0 Å².